The molecule has 2 aliphatic rings. The van der Waals surface area contributed by atoms with Crippen LogP contribution in [0.5, 0.6) is 11.5 Å². The van der Waals surface area contributed by atoms with Gasteiger partial charge in [-0.05, 0) is 37.1 Å². The quantitative estimate of drug-likeness (QED) is 0.685. The van der Waals surface area contributed by atoms with Gasteiger partial charge in [-0.2, -0.15) is 0 Å². The summed E-state index contributed by atoms with van der Waals surface area (Å²) in [5, 5.41) is 3.93. The van der Waals surface area contributed by atoms with Crippen molar-refractivity contribution in [3.05, 3.63) is 58.1 Å². The van der Waals surface area contributed by atoms with Crippen LogP contribution in [0.4, 0.5) is 8.78 Å². The molecule has 1 amide bonds. The maximum Gasteiger partial charge on any atom is 0.231 e. The van der Waals surface area contributed by atoms with Crippen molar-refractivity contribution < 1.29 is 23.0 Å². The maximum atomic E-state index is 14.0. The number of carbonyl (C=O) groups excluding carboxylic acids is 1. The number of nitrogens with one attached hydrogen (secondary N) is 1. The Kier molecular flexibility index (Phi) is 5.87. The molecule has 1 unspecified atom stereocenters. The zero-order valence-electron chi connectivity index (χ0n) is 15.7. The number of nitrogens with zero attached hydrogens (tertiary/aromatic N) is 1. The average molecular weight is 423 g/mol. The van der Waals surface area contributed by atoms with Crippen molar-refractivity contribution in [3.8, 4) is 11.5 Å². The zero-order chi connectivity index (χ0) is 20.4. The van der Waals surface area contributed by atoms with Gasteiger partial charge in [0.1, 0.15) is 0 Å². The van der Waals surface area contributed by atoms with Gasteiger partial charge in [-0.15, -0.1) is 0 Å². The number of hydrogen-bond acceptors (Lipinski definition) is 4. The summed E-state index contributed by atoms with van der Waals surface area (Å²) < 4.78 is 38.1. The fraction of sp³-hybridized carbons (Fsp3) is 0.381. The van der Waals surface area contributed by atoms with Gasteiger partial charge in [-0.1, -0.05) is 23.7 Å². The molecule has 0 saturated carbocycles. The summed E-state index contributed by atoms with van der Waals surface area (Å²) in [6.45, 7) is 1.49. The Morgan fingerprint density at radius 1 is 1.17 bits per heavy atom. The molecule has 0 bridgehead atoms. The highest BCUT2D eigenvalue weighted by molar-refractivity contribution is 6.31. The molecule has 2 aromatic rings. The Balaban J connectivity index is 1.32. The van der Waals surface area contributed by atoms with E-state index < -0.39 is 11.6 Å². The van der Waals surface area contributed by atoms with E-state index in [0.29, 0.717) is 48.9 Å². The minimum Gasteiger partial charge on any atom is -0.454 e. The number of likely N-dealkylation sites (tertiary alicyclic amines) is 1. The van der Waals surface area contributed by atoms with E-state index in [1.165, 1.54) is 12.1 Å². The molecule has 29 heavy (non-hydrogen) atoms. The standard InChI is InChI=1S/C21H21ClF2N2O3/c22-16-9-19-18(28-12-29-19)8-14(16)10-25-7-6-15-4-5-20(27)26(15)11-13-2-1-3-17(23)21(13)24/h1-3,8-9,15,25H,4-7,10-12H2. The smallest absolute Gasteiger partial charge is 0.231 e. The van der Waals surface area contributed by atoms with Gasteiger partial charge in [0.2, 0.25) is 12.7 Å². The largest absolute Gasteiger partial charge is 0.454 e. The third-order valence-electron chi connectivity index (χ3n) is 5.34. The Morgan fingerprint density at radius 3 is 2.79 bits per heavy atom. The van der Waals surface area contributed by atoms with E-state index in [-0.39, 0.29) is 30.9 Å². The van der Waals surface area contributed by atoms with Crippen molar-refractivity contribution in [1.82, 2.24) is 10.2 Å². The second-order valence-corrected chi connectivity index (χ2v) is 7.60. The SMILES string of the molecule is O=C1CCC(CCNCc2cc3c(cc2Cl)OCO3)N1Cc1cccc(F)c1F. The van der Waals surface area contributed by atoms with Crippen LogP contribution in [0.25, 0.3) is 0 Å². The Labute approximate surface area is 172 Å². The molecule has 5 nitrogen and oxygen atoms in total. The van der Waals surface area contributed by atoms with E-state index in [4.69, 9.17) is 21.1 Å². The van der Waals surface area contributed by atoms with Gasteiger partial charge in [-0.3, -0.25) is 4.79 Å². The number of ether oxygens (including phenoxy) is 2. The lowest BCUT2D eigenvalue weighted by Gasteiger charge is -2.25. The van der Waals surface area contributed by atoms with Crippen molar-refractivity contribution in [2.75, 3.05) is 13.3 Å². The minimum atomic E-state index is -0.895. The molecule has 1 atom stereocenters. The number of hydrogen-bond donors (Lipinski definition) is 1. The molecule has 2 aromatic carbocycles. The number of fused-ring (bicyclic) bond motifs is 1. The van der Waals surface area contributed by atoms with Gasteiger partial charge in [0.15, 0.2) is 23.1 Å². The van der Waals surface area contributed by atoms with Crippen LogP contribution in [0.2, 0.25) is 5.02 Å². The second kappa shape index (κ2) is 8.55. The molecule has 1 fully saturated rings. The van der Waals surface area contributed by atoms with Crippen molar-refractivity contribution in [2.24, 2.45) is 0 Å². The van der Waals surface area contributed by atoms with E-state index in [2.05, 4.69) is 5.32 Å². The lowest BCUT2D eigenvalue weighted by molar-refractivity contribution is -0.129. The molecule has 0 spiro atoms. The molecule has 0 radical (unpaired) electrons. The molecular weight excluding hydrogens is 402 g/mol. The molecule has 8 heteroatoms. The van der Waals surface area contributed by atoms with Crippen molar-refractivity contribution in [3.63, 3.8) is 0 Å². The Bertz CT molecular complexity index is 925. The van der Waals surface area contributed by atoms with Crippen LogP contribution in [0, 0.1) is 11.6 Å². The lowest BCUT2D eigenvalue weighted by atomic mass is 10.1. The summed E-state index contributed by atoms with van der Waals surface area (Å²) in [7, 11) is 0. The number of rotatable bonds is 7. The summed E-state index contributed by atoms with van der Waals surface area (Å²) in [5.74, 6) is -0.494. The highest BCUT2D eigenvalue weighted by atomic mass is 35.5. The average Bonchev–Trinajstić information content (AvgIpc) is 3.29. The summed E-state index contributed by atoms with van der Waals surface area (Å²) in [6, 6.07) is 7.64. The van der Waals surface area contributed by atoms with Gasteiger partial charge < -0.3 is 19.7 Å². The second-order valence-electron chi connectivity index (χ2n) is 7.19. The van der Waals surface area contributed by atoms with Crippen LogP contribution in [-0.4, -0.2) is 30.2 Å². The zero-order valence-corrected chi connectivity index (χ0v) is 16.5. The first-order chi connectivity index (χ1) is 14.0. The molecular formula is C21H21ClF2N2O3. The number of benzene rings is 2. The van der Waals surface area contributed by atoms with Crippen LogP contribution in [0.15, 0.2) is 30.3 Å². The van der Waals surface area contributed by atoms with Gasteiger partial charge in [0.25, 0.3) is 0 Å². The minimum absolute atomic E-state index is 0.00936. The molecule has 0 aromatic heterocycles. The van der Waals surface area contributed by atoms with Crippen molar-refractivity contribution >= 4 is 17.5 Å². The lowest BCUT2D eigenvalue weighted by Crippen LogP contribution is -2.35. The van der Waals surface area contributed by atoms with Crippen LogP contribution in [-0.2, 0) is 17.9 Å². The summed E-state index contributed by atoms with van der Waals surface area (Å²) >= 11 is 6.28. The number of amides is 1. The summed E-state index contributed by atoms with van der Waals surface area (Å²) in [4.78, 5) is 13.9. The summed E-state index contributed by atoms with van der Waals surface area (Å²) in [6.07, 6.45) is 1.85. The van der Waals surface area contributed by atoms with E-state index >= 15 is 0 Å². The molecule has 1 saturated heterocycles. The fourth-order valence-electron chi connectivity index (χ4n) is 3.75. The predicted octanol–water partition coefficient (Wildman–Crippen LogP) is 4.02. The van der Waals surface area contributed by atoms with Crippen LogP contribution >= 0.6 is 11.6 Å². The predicted molar refractivity (Wildman–Crippen MR) is 104 cm³/mol. The van der Waals surface area contributed by atoms with Crippen molar-refractivity contribution in [2.45, 2.75) is 38.4 Å². The van der Waals surface area contributed by atoms with Crippen molar-refractivity contribution in [1.29, 1.82) is 0 Å². The van der Waals surface area contributed by atoms with E-state index in [0.717, 1.165) is 11.6 Å². The van der Waals surface area contributed by atoms with E-state index in [1.807, 2.05) is 6.07 Å². The third-order valence-corrected chi connectivity index (χ3v) is 5.69. The first-order valence-electron chi connectivity index (χ1n) is 9.54. The molecule has 1 N–H and O–H groups in total. The van der Waals surface area contributed by atoms with Crippen LogP contribution in [0.3, 0.4) is 0 Å². The maximum absolute atomic E-state index is 14.0. The van der Waals surface area contributed by atoms with Gasteiger partial charge in [-0.25, -0.2) is 8.78 Å². The summed E-state index contributed by atoms with van der Waals surface area (Å²) in [5.41, 5.74) is 1.10. The highest BCUT2D eigenvalue weighted by Gasteiger charge is 2.31. The Hall–Kier alpha value is -2.38. The molecule has 2 aliphatic heterocycles. The Morgan fingerprint density at radius 2 is 1.97 bits per heavy atom. The van der Waals surface area contributed by atoms with E-state index in [1.54, 1.807) is 11.0 Å². The topological polar surface area (TPSA) is 50.8 Å². The molecule has 154 valence electrons. The van der Waals surface area contributed by atoms with Gasteiger partial charge >= 0.3 is 0 Å². The van der Waals surface area contributed by atoms with Crippen LogP contribution in [0.1, 0.15) is 30.4 Å². The first kappa shape index (κ1) is 19.9. The number of carbonyl (C=O) groups is 1. The van der Waals surface area contributed by atoms with Crippen LogP contribution < -0.4 is 14.8 Å². The molecule has 2 heterocycles. The first-order valence-corrected chi connectivity index (χ1v) is 9.92. The number of halogens is 3. The molecule has 4 rings (SSSR count). The van der Waals surface area contributed by atoms with Gasteiger partial charge in [0, 0.05) is 42.2 Å². The fourth-order valence-corrected chi connectivity index (χ4v) is 3.97. The molecule has 0 aliphatic carbocycles. The monoisotopic (exact) mass is 422 g/mol. The normalized spacial score (nSPS) is 18.0. The highest BCUT2D eigenvalue weighted by Crippen LogP contribution is 2.36. The third kappa shape index (κ3) is 4.31. The van der Waals surface area contributed by atoms with Gasteiger partial charge in [0.05, 0.1) is 0 Å². The van der Waals surface area contributed by atoms with E-state index in [9.17, 15) is 13.6 Å².